The number of hydrogen-bond donors (Lipinski definition) is 2. The van der Waals surface area contributed by atoms with E-state index < -0.39 is 17.3 Å². The first-order chi connectivity index (χ1) is 14.6. The molecule has 1 aliphatic rings. The molecule has 1 unspecified atom stereocenters. The van der Waals surface area contributed by atoms with Crippen LogP contribution in [0.2, 0.25) is 0 Å². The van der Waals surface area contributed by atoms with Gasteiger partial charge in [-0.05, 0) is 25.3 Å². The summed E-state index contributed by atoms with van der Waals surface area (Å²) in [6.45, 7) is 7.08. The Hall–Kier alpha value is -3.12. The third-order valence-corrected chi connectivity index (χ3v) is 5.60. The van der Waals surface area contributed by atoms with Crippen molar-refractivity contribution in [1.29, 1.82) is 0 Å². The smallest absolute Gasteiger partial charge is 0.336 e. The van der Waals surface area contributed by atoms with Gasteiger partial charge in [-0.25, -0.2) is 4.79 Å². The highest BCUT2D eigenvalue weighted by Crippen LogP contribution is 2.48. The summed E-state index contributed by atoms with van der Waals surface area (Å²) in [4.78, 5) is 25.6. The van der Waals surface area contributed by atoms with Gasteiger partial charge in [0.15, 0.2) is 5.78 Å². The molecule has 0 saturated heterocycles. The van der Waals surface area contributed by atoms with Crippen LogP contribution in [-0.2, 0) is 6.42 Å². The molecule has 162 valence electrons. The van der Waals surface area contributed by atoms with Gasteiger partial charge in [0.1, 0.15) is 28.7 Å². The van der Waals surface area contributed by atoms with Crippen LogP contribution in [0.25, 0.3) is 22.1 Å². The van der Waals surface area contributed by atoms with Crippen molar-refractivity contribution in [3.8, 4) is 22.6 Å². The molecule has 0 radical (unpaired) electrons. The van der Waals surface area contributed by atoms with Crippen LogP contribution in [0.1, 0.15) is 50.0 Å². The second kappa shape index (κ2) is 7.54. The molecular weight excluding hydrogens is 396 g/mol. The van der Waals surface area contributed by atoms with Crippen molar-refractivity contribution < 1.29 is 24.2 Å². The Balaban J connectivity index is 2.08. The summed E-state index contributed by atoms with van der Waals surface area (Å²) < 4.78 is 11.5. The zero-order valence-corrected chi connectivity index (χ0v) is 18.1. The number of aromatic hydroxyl groups is 1. The van der Waals surface area contributed by atoms with Crippen molar-refractivity contribution in [2.45, 2.75) is 52.2 Å². The summed E-state index contributed by atoms with van der Waals surface area (Å²) in [6, 6.07) is 10.5. The van der Waals surface area contributed by atoms with E-state index in [4.69, 9.17) is 9.15 Å². The predicted octanol–water partition coefficient (Wildman–Crippen LogP) is 4.47. The lowest BCUT2D eigenvalue weighted by atomic mass is 9.90. The number of phenolic OH excluding ortho intramolecular Hbond substituents is 1. The predicted molar refractivity (Wildman–Crippen MR) is 118 cm³/mol. The normalized spacial score (nSPS) is 15.9. The van der Waals surface area contributed by atoms with Crippen LogP contribution in [-0.4, -0.2) is 27.7 Å². The molecule has 6 heteroatoms. The Morgan fingerprint density at radius 3 is 2.52 bits per heavy atom. The Morgan fingerprint density at radius 2 is 1.90 bits per heavy atom. The molecule has 6 nitrogen and oxygen atoms in total. The molecule has 2 N–H and O–H groups in total. The molecule has 1 aromatic heterocycles. The van der Waals surface area contributed by atoms with Gasteiger partial charge < -0.3 is 19.4 Å². The van der Waals surface area contributed by atoms with Gasteiger partial charge in [0, 0.05) is 30.0 Å². The Bertz CT molecular complexity index is 1210. The summed E-state index contributed by atoms with van der Waals surface area (Å²) in [7, 11) is 0. The number of ketones is 1. The van der Waals surface area contributed by atoms with E-state index in [-0.39, 0.29) is 47.2 Å². The van der Waals surface area contributed by atoms with Gasteiger partial charge in [0.05, 0.1) is 11.0 Å². The number of benzene rings is 2. The topological polar surface area (TPSA) is 97.0 Å². The molecule has 2 heterocycles. The van der Waals surface area contributed by atoms with Crippen molar-refractivity contribution in [2.24, 2.45) is 5.92 Å². The van der Waals surface area contributed by atoms with E-state index in [0.29, 0.717) is 16.5 Å². The molecule has 2 aromatic carbocycles. The Morgan fingerprint density at radius 1 is 1.23 bits per heavy atom. The van der Waals surface area contributed by atoms with Crippen LogP contribution in [0.3, 0.4) is 0 Å². The quantitative estimate of drug-likeness (QED) is 0.465. The fourth-order valence-electron chi connectivity index (χ4n) is 4.08. The summed E-state index contributed by atoms with van der Waals surface area (Å²) in [5.74, 6) is -0.256. The number of aliphatic hydroxyl groups is 1. The molecule has 0 fully saturated rings. The van der Waals surface area contributed by atoms with E-state index >= 15 is 0 Å². The van der Waals surface area contributed by atoms with Gasteiger partial charge in [-0.1, -0.05) is 44.2 Å². The van der Waals surface area contributed by atoms with Crippen molar-refractivity contribution in [3.63, 3.8) is 0 Å². The average Bonchev–Trinajstić information content (AvgIpc) is 3.13. The molecule has 3 aromatic rings. The van der Waals surface area contributed by atoms with E-state index in [9.17, 15) is 19.8 Å². The van der Waals surface area contributed by atoms with Crippen molar-refractivity contribution in [2.75, 3.05) is 0 Å². The third-order valence-electron chi connectivity index (χ3n) is 5.60. The van der Waals surface area contributed by atoms with Crippen LogP contribution in [0.15, 0.2) is 45.6 Å². The van der Waals surface area contributed by atoms with E-state index in [1.165, 1.54) is 6.07 Å². The number of Topliss-reactive ketones (excluding diaryl/α,β-unsaturated/α-hetero) is 1. The van der Waals surface area contributed by atoms with E-state index in [0.717, 1.165) is 5.56 Å². The highest BCUT2D eigenvalue weighted by molar-refractivity contribution is 6.11. The van der Waals surface area contributed by atoms with Crippen LogP contribution in [0, 0.1) is 5.92 Å². The highest BCUT2D eigenvalue weighted by Gasteiger charge is 2.41. The minimum Gasteiger partial charge on any atom is -0.506 e. The number of ether oxygens (including phenoxy) is 1. The molecule has 0 bridgehead atoms. The first-order valence-corrected chi connectivity index (χ1v) is 10.4. The van der Waals surface area contributed by atoms with Gasteiger partial charge in [0.25, 0.3) is 0 Å². The van der Waals surface area contributed by atoms with E-state index in [1.54, 1.807) is 13.8 Å². The maximum absolute atomic E-state index is 13.2. The zero-order chi connectivity index (χ0) is 22.5. The summed E-state index contributed by atoms with van der Waals surface area (Å²) in [5.41, 5.74) is 0.216. The number of phenols is 1. The number of fused-ring (bicyclic) bond motifs is 3. The Labute approximate surface area is 180 Å². The molecule has 0 aliphatic carbocycles. The lowest BCUT2D eigenvalue weighted by Gasteiger charge is -2.25. The lowest BCUT2D eigenvalue weighted by molar-refractivity contribution is -0.0232. The zero-order valence-electron chi connectivity index (χ0n) is 18.1. The van der Waals surface area contributed by atoms with E-state index in [1.807, 2.05) is 44.2 Å². The van der Waals surface area contributed by atoms with Gasteiger partial charge in [0.2, 0.25) is 0 Å². The SMILES string of the molecule is CC(C)CC(=O)c1c2c(c3oc(=O)cc(-c4ccccc4)c3c1O)CC(C(C)(C)O)O2. The summed E-state index contributed by atoms with van der Waals surface area (Å²) in [6.07, 6.45) is -0.179. The minimum atomic E-state index is -1.20. The van der Waals surface area contributed by atoms with E-state index in [2.05, 4.69) is 0 Å². The van der Waals surface area contributed by atoms with Crippen molar-refractivity contribution in [1.82, 2.24) is 0 Å². The number of carbonyl (C=O) groups excluding carboxylic acids is 1. The second-order valence-electron chi connectivity index (χ2n) is 9.07. The molecule has 0 amide bonds. The van der Waals surface area contributed by atoms with Gasteiger partial charge >= 0.3 is 5.63 Å². The number of carbonyl (C=O) groups is 1. The lowest BCUT2D eigenvalue weighted by Crippen LogP contribution is -2.39. The summed E-state index contributed by atoms with van der Waals surface area (Å²) in [5, 5.41) is 22.1. The molecule has 1 atom stereocenters. The second-order valence-corrected chi connectivity index (χ2v) is 9.07. The first-order valence-electron chi connectivity index (χ1n) is 10.4. The van der Waals surface area contributed by atoms with Gasteiger partial charge in [-0.3, -0.25) is 4.79 Å². The summed E-state index contributed by atoms with van der Waals surface area (Å²) >= 11 is 0. The Kier molecular flexibility index (Phi) is 5.13. The minimum absolute atomic E-state index is 0.0760. The molecular formula is C25H26O6. The molecule has 1 aliphatic heterocycles. The first kappa shape index (κ1) is 21.1. The maximum atomic E-state index is 13.2. The number of rotatable bonds is 5. The third kappa shape index (κ3) is 3.72. The molecule has 31 heavy (non-hydrogen) atoms. The monoisotopic (exact) mass is 422 g/mol. The fourth-order valence-corrected chi connectivity index (χ4v) is 4.08. The average molecular weight is 422 g/mol. The largest absolute Gasteiger partial charge is 0.506 e. The molecule has 0 spiro atoms. The van der Waals surface area contributed by atoms with Crippen LogP contribution in [0.4, 0.5) is 0 Å². The molecule has 4 rings (SSSR count). The van der Waals surface area contributed by atoms with Crippen molar-refractivity contribution in [3.05, 3.63) is 57.9 Å². The van der Waals surface area contributed by atoms with Crippen LogP contribution in [0.5, 0.6) is 11.5 Å². The van der Waals surface area contributed by atoms with Gasteiger partial charge in [-0.2, -0.15) is 0 Å². The van der Waals surface area contributed by atoms with Crippen molar-refractivity contribution >= 4 is 16.8 Å². The molecule has 0 saturated carbocycles. The van der Waals surface area contributed by atoms with Gasteiger partial charge in [-0.15, -0.1) is 0 Å². The standard InChI is InChI=1S/C25H26O6/c1-13(2)10-17(26)21-22(28)20-15(14-8-6-5-7-9-14)12-19(27)31-23(20)16-11-18(25(3,4)29)30-24(16)21/h5-9,12-13,18,28-29H,10-11H2,1-4H3. The fraction of sp³-hybridized carbons (Fsp3) is 0.360. The maximum Gasteiger partial charge on any atom is 0.336 e. The van der Waals surface area contributed by atoms with Crippen LogP contribution < -0.4 is 10.4 Å². The number of hydrogen-bond acceptors (Lipinski definition) is 6. The van der Waals surface area contributed by atoms with Crippen LogP contribution >= 0.6 is 0 Å². The highest BCUT2D eigenvalue weighted by atomic mass is 16.5.